The van der Waals surface area contributed by atoms with Crippen molar-refractivity contribution < 1.29 is 4.74 Å². The third-order valence-corrected chi connectivity index (χ3v) is 2.34. The topological polar surface area (TPSA) is 47.3 Å². The number of nitrogen functional groups attached to an aromatic ring is 1. The van der Waals surface area contributed by atoms with Gasteiger partial charge >= 0.3 is 0 Å². The van der Waals surface area contributed by atoms with E-state index in [1.165, 1.54) is 0 Å². The van der Waals surface area contributed by atoms with E-state index in [4.69, 9.17) is 10.5 Å². The molecule has 1 aromatic rings. The number of nitrogens with one attached hydrogen (secondary N) is 1. The molecule has 0 fully saturated rings. The fraction of sp³-hybridized carbons (Fsp3) is 0.455. The van der Waals surface area contributed by atoms with Crippen LogP contribution in [0.25, 0.3) is 0 Å². The SMILES string of the molecule is CN[C@@H](C)C(C)Oc1cccc(N)c1. The van der Waals surface area contributed by atoms with Gasteiger partial charge in [0.2, 0.25) is 0 Å². The minimum Gasteiger partial charge on any atom is -0.489 e. The molecule has 78 valence electrons. The molecular formula is C11H18N2O. The number of hydrogen-bond donors (Lipinski definition) is 2. The van der Waals surface area contributed by atoms with Crippen molar-refractivity contribution in [1.29, 1.82) is 0 Å². The number of benzene rings is 1. The van der Waals surface area contributed by atoms with Crippen LogP contribution >= 0.6 is 0 Å². The van der Waals surface area contributed by atoms with Crippen LogP contribution in [0.3, 0.4) is 0 Å². The van der Waals surface area contributed by atoms with Gasteiger partial charge in [0, 0.05) is 17.8 Å². The van der Waals surface area contributed by atoms with E-state index in [-0.39, 0.29) is 6.10 Å². The van der Waals surface area contributed by atoms with Crippen LogP contribution in [0.1, 0.15) is 13.8 Å². The molecule has 2 atom stereocenters. The first kappa shape index (κ1) is 10.9. The van der Waals surface area contributed by atoms with Crippen LogP contribution in [0.15, 0.2) is 24.3 Å². The van der Waals surface area contributed by atoms with E-state index < -0.39 is 0 Å². The Kier molecular flexibility index (Phi) is 3.77. The summed E-state index contributed by atoms with van der Waals surface area (Å²) in [6.07, 6.45) is 0.127. The molecule has 1 aromatic carbocycles. The molecule has 0 aliphatic carbocycles. The summed E-state index contributed by atoms with van der Waals surface area (Å²) in [6, 6.07) is 7.80. The van der Waals surface area contributed by atoms with Gasteiger partial charge in [-0.1, -0.05) is 6.07 Å². The molecule has 0 aliphatic heterocycles. The lowest BCUT2D eigenvalue weighted by molar-refractivity contribution is 0.182. The average molecular weight is 194 g/mol. The first-order valence-electron chi connectivity index (χ1n) is 4.83. The lowest BCUT2D eigenvalue weighted by atomic mass is 10.2. The normalized spacial score (nSPS) is 14.8. The van der Waals surface area contributed by atoms with Gasteiger partial charge in [0.1, 0.15) is 11.9 Å². The summed E-state index contributed by atoms with van der Waals surface area (Å²) < 4.78 is 5.71. The molecule has 0 saturated carbocycles. The number of nitrogens with two attached hydrogens (primary N) is 1. The predicted molar refractivity (Wildman–Crippen MR) is 59.5 cm³/mol. The number of rotatable bonds is 4. The molecule has 1 unspecified atom stereocenters. The van der Waals surface area contributed by atoms with Crippen LogP contribution in [0.2, 0.25) is 0 Å². The van der Waals surface area contributed by atoms with Crippen molar-refractivity contribution in [3.8, 4) is 5.75 Å². The van der Waals surface area contributed by atoms with Gasteiger partial charge in [-0.25, -0.2) is 0 Å². The van der Waals surface area contributed by atoms with Crippen LogP contribution in [0.4, 0.5) is 5.69 Å². The zero-order valence-corrected chi connectivity index (χ0v) is 8.95. The van der Waals surface area contributed by atoms with Crippen molar-refractivity contribution in [2.24, 2.45) is 0 Å². The molecule has 0 radical (unpaired) electrons. The highest BCUT2D eigenvalue weighted by Crippen LogP contribution is 2.16. The third kappa shape index (κ3) is 2.92. The molecule has 3 N–H and O–H groups in total. The van der Waals surface area contributed by atoms with Gasteiger partial charge in [0.25, 0.3) is 0 Å². The van der Waals surface area contributed by atoms with Crippen molar-refractivity contribution in [1.82, 2.24) is 5.32 Å². The maximum Gasteiger partial charge on any atom is 0.121 e. The Morgan fingerprint density at radius 3 is 2.64 bits per heavy atom. The van der Waals surface area contributed by atoms with E-state index in [0.29, 0.717) is 6.04 Å². The molecule has 3 heteroatoms. The monoisotopic (exact) mass is 194 g/mol. The lowest BCUT2D eigenvalue weighted by Gasteiger charge is -2.21. The van der Waals surface area contributed by atoms with Gasteiger partial charge < -0.3 is 15.8 Å². The summed E-state index contributed by atoms with van der Waals surface area (Å²) in [5.41, 5.74) is 6.38. The third-order valence-electron chi connectivity index (χ3n) is 2.34. The number of hydrogen-bond acceptors (Lipinski definition) is 3. The number of likely N-dealkylation sites (N-methyl/N-ethyl adjacent to an activating group) is 1. The molecule has 0 amide bonds. The average Bonchev–Trinajstić information content (AvgIpc) is 2.16. The lowest BCUT2D eigenvalue weighted by Crippen LogP contribution is -2.36. The molecule has 14 heavy (non-hydrogen) atoms. The van der Waals surface area contributed by atoms with E-state index in [1.54, 1.807) is 0 Å². The fourth-order valence-corrected chi connectivity index (χ4v) is 1.14. The minimum absolute atomic E-state index is 0.127. The number of ether oxygens (including phenoxy) is 1. The van der Waals surface area contributed by atoms with Crippen molar-refractivity contribution in [3.05, 3.63) is 24.3 Å². The standard InChI is InChI=1S/C11H18N2O/c1-8(13-3)9(2)14-11-6-4-5-10(12)7-11/h4-9,13H,12H2,1-3H3/t8-,9?/m0/s1. The Labute approximate surface area is 85.3 Å². The zero-order valence-electron chi connectivity index (χ0n) is 8.95. The summed E-state index contributed by atoms with van der Waals surface area (Å²) in [7, 11) is 1.92. The fourth-order valence-electron chi connectivity index (χ4n) is 1.14. The van der Waals surface area contributed by atoms with Crippen molar-refractivity contribution in [2.45, 2.75) is 26.0 Å². The second-order valence-electron chi connectivity index (χ2n) is 3.47. The smallest absolute Gasteiger partial charge is 0.121 e. The molecule has 0 heterocycles. The van der Waals surface area contributed by atoms with Gasteiger partial charge in [0.15, 0.2) is 0 Å². The Balaban J connectivity index is 2.60. The van der Waals surface area contributed by atoms with E-state index in [2.05, 4.69) is 12.2 Å². The van der Waals surface area contributed by atoms with Crippen molar-refractivity contribution in [2.75, 3.05) is 12.8 Å². The Morgan fingerprint density at radius 1 is 1.36 bits per heavy atom. The highest BCUT2D eigenvalue weighted by molar-refractivity contribution is 5.43. The molecule has 0 aromatic heterocycles. The summed E-state index contributed by atoms with van der Waals surface area (Å²) >= 11 is 0. The van der Waals surface area contributed by atoms with Crippen molar-refractivity contribution >= 4 is 5.69 Å². The van der Waals surface area contributed by atoms with Crippen LogP contribution in [0.5, 0.6) is 5.75 Å². The highest BCUT2D eigenvalue weighted by Gasteiger charge is 2.11. The van der Waals surface area contributed by atoms with Crippen LogP contribution in [-0.2, 0) is 0 Å². The summed E-state index contributed by atoms with van der Waals surface area (Å²) in [4.78, 5) is 0. The van der Waals surface area contributed by atoms with E-state index in [1.807, 2.05) is 38.2 Å². The summed E-state index contributed by atoms with van der Waals surface area (Å²) in [5, 5.41) is 3.14. The quantitative estimate of drug-likeness (QED) is 0.716. The summed E-state index contributed by atoms with van der Waals surface area (Å²) in [6.45, 7) is 4.11. The first-order valence-corrected chi connectivity index (χ1v) is 4.83. The maximum absolute atomic E-state index is 5.71. The minimum atomic E-state index is 0.127. The van der Waals surface area contributed by atoms with Crippen LogP contribution < -0.4 is 15.8 Å². The Bertz CT molecular complexity index is 288. The summed E-state index contributed by atoms with van der Waals surface area (Å²) in [5.74, 6) is 0.819. The molecule has 0 bridgehead atoms. The van der Waals surface area contributed by atoms with E-state index in [9.17, 15) is 0 Å². The van der Waals surface area contributed by atoms with Crippen LogP contribution in [-0.4, -0.2) is 19.2 Å². The second-order valence-corrected chi connectivity index (χ2v) is 3.47. The molecule has 0 saturated heterocycles. The van der Waals surface area contributed by atoms with Gasteiger partial charge in [-0.15, -0.1) is 0 Å². The zero-order chi connectivity index (χ0) is 10.6. The van der Waals surface area contributed by atoms with Crippen LogP contribution in [0, 0.1) is 0 Å². The highest BCUT2D eigenvalue weighted by atomic mass is 16.5. The molecule has 1 rings (SSSR count). The molecule has 0 spiro atoms. The number of anilines is 1. The predicted octanol–water partition coefficient (Wildman–Crippen LogP) is 1.64. The van der Waals surface area contributed by atoms with Gasteiger partial charge in [-0.3, -0.25) is 0 Å². The first-order chi connectivity index (χ1) is 6.63. The van der Waals surface area contributed by atoms with Gasteiger partial charge in [-0.05, 0) is 33.0 Å². The molecule has 3 nitrogen and oxygen atoms in total. The van der Waals surface area contributed by atoms with Gasteiger partial charge in [-0.2, -0.15) is 0 Å². The Morgan fingerprint density at radius 2 is 2.07 bits per heavy atom. The largest absolute Gasteiger partial charge is 0.489 e. The Hall–Kier alpha value is -1.22. The molecular weight excluding hydrogens is 176 g/mol. The van der Waals surface area contributed by atoms with Crippen molar-refractivity contribution in [3.63, 3.8) is 0 Å². The van der Waals surface area contributed by atoms with E-state index in [0.717, 1.165) is 11.4 Å². The second kappa shape index (κ2) is 4.86. The molecule has 0 aliphatic rings. The van der Waals surface area contributed by atoms with Gasteiger partial charge in [0.05, 0.1) is 0 Å². The van der Waals surface area contributed by atoms with E-state index >= 15 is 0 Å². The maximum atomic E-state index is 5.71.